The highest BCUT2D eigenvalue weighted by molar-refractivity contribution is 5.89. The Morgan fingerprint density at radius 1 is 1.11 bits per heavy atom. The molecule has 1 aromatic heterocycles. The molecule has 7 heteroatoms. The lowest BCUT2D eigenvalue weighted by atomic mass is 10.2. The summed E-state index contributed by atoms with van der Waals surface area (Å²) in [6.07, 6.45) is 0.876. The number of ether oxygens (including phenoxy) is 1. The van der Waals surface area contributed by atoms with Gasteiger partial charge in [0.2, 0.25) is 5.82 Å². The van der Waals surface area contributed by atoms with Crippen molar-refractivity contribution < 1.29 is 14.1 Å². The van der Waals surface area contributed by atoms with Crippen molar-refractivity contribution in [3.05, 3.63) is 48.5 Å². The summed E-state index contributed by atoms with van der Waals surface area (Å²) in [7, 11) is 1.62. The number of carbonyl (C=O) groups excluding carboxylic acids is 1. The molecule has 3 aromatic rings. The minimum atomic E-state index is -0.224. The molecule has 0 saturated heterocycles. The van der Waals surface area contributed by atoms with E-state index in [1.54, 1.807) is 19.2 Å². The van der Waals surface area contributed by atoms with Gasteiger partial charge in [0, 0.05) is 22.9 Å². The van der Waals surface area contributed by atoms with Crippen LogP contribution in [0.15, 0.2) is 53.1 Å². The van der Waals surface area contributed by atoms with E-state index in [9.17, 15) is 4.79 Å². The SMILES string of the molecule is CC[C@@H](C)NC(=O)Nc1ccc(-c2noc(-c3ccc(OC)cc3)n2)cc1. The molecule has 3 rings (SSSR count). The molecule has 7 nitrogen and oxygen atoms in total. The number of methoxy groups -OCH3 is 1. The average molecular weight is 366 g/mol. The zero-order chi connectivity index (χ0) is 19.2. The number of urea groups is 1. The highest BCUT2D eigenvalue weighted by Crippen LogP contribution is 2.24. The van der Waals surface area contributed by atoms with Gasteiger partial charge in [0.1, 0.15) is 5.75 Å². The van der Waals surface area contributed by atoms with Crippen LogP contribution in [0.25, 0.3) is 22.8 Å². The summed E-state index contributed by atoms with van der Waals surface area (Å²) < 4.78 is 10.5. The van der Waals surface area contributed by atoms with Gasteiger partial charge in [0.25, 0.3) is 5.89 Å². The molecule has 1 atom stereocenters. The van der Waals surface area contributed by atoms with Gasteiger partial charge >= 0.3 is 6.03 Å². The maximum absolute atomic E-state index is 11.9. The number of anilines is 1. The highest BCUT2D eigenvalue weighted by Gasteiger charge is 2.11. The molecule has 27 heavy (non-hydrogen) atoms. The highest BCUT2D eigenvalue weighted by atomic mass is 16.5. The molecule has 0 aliphatic rings. The number of hydrogen-bond donors (Lipinski definition) is 2. The van der Waals surface area contributed by atoms with Gasteiger partial charge in [0.15, 0.2) is 0 Å². The van der Waals surface area contributed by atoms with E-state index in [1.165, 1.54) is 0 Å². The Hall–Kier alpha value is -3.35. The van der Waals surface area contributed by atoms with Crippen LogP contribution in [0, 0.1) is 0 Å². The van der Waals surface area contributed by atoms with Crippen LogP contribution in [-0.2, 0) is 0 Å². The van der Waals surface area contributed by atoms with Crippen LogP contribution in [-0.4, -0.2) is 29.3 Å². The molecule has 0 bridgehead atoms. The first-order valence-electron chi connectivity index (χ1n) is 8.75. The van der Waals surface area contributed by atoms with Crippen molar-refractivity contribution >= 4 is 11.7 Å². The van der Waals surface area contributed by atoms with E-state index in [0.717, 1.165) is 23.3 Å². The van der Waals surface area contributed by atoms with Crippen LogP contribution in [0.5, 0.6) is 5.75 Å². The van der Waals surface area contributed by atoms with Gasteiger partial charge in [0.05, 0.1) is 7.11 Å². The van der Waals surface area contributed by atoms with E-state index in [0.29, 0.717) is 17.4 Å². The van der Waals surface area contributed by atoms with Crippen LogP contribution in [0.1, 0.15) is 20.3 Å². The molecule has 140 valence electrons. The second-order valence-electron chi connectivity index (χ2n) is 6.14. The van der Waals surface area contributed by atoms with Crippen molar-refractivity contribution in [2.75, 3.05) is 12.4 Å². The van der Waals surface area contributed by atoms with E-state index in [-0.39, 0.29) is 12.1 Å². The predicted octanol–water partition coefficient (Wildman–Crippen LogP) is 4.33. The first-order chi connectivity index (χ1) is 13.1. The van der Waals surface area contributed by atoms with Crippen LogP contribution >= 0.6 is 0 Å². The van der Waals surface area contributed by atoms with Crippen LogP contribution in [0.3, 0.4) is 0 Å². The minimum absolute atomic E-state index is 0.125. The van der Waals surface area contributed by atoms with Crippen molar-refractivity contribution in [1.29, 1.82) is 0 Å². The lowest BCUT2D eigenvalue weighted by Crippen LogP contribution is -2.35. The number of nitrogens with zero attached hydrogens (tertiary/aromatic N) is 2. The molecular weight excluding hydrogens is 344 g/mol. The number of benzene rings is 2. The summed E-state index contributed by atoms with van der Waals surface area (Å²) >= 11 is 0. The number of amides is 2. The largest absolute Gasteiger partial charge is 0.497 e. The average Bonchev–Trinajstić information content (AvgIpc) is 3.18. The zero-order valence-electron chi connectivity index (χ0n) is 15.5. The summed E-state index contributed by atoms with van der Waals surface area (Å²) in [4.78, 5) is 16.3. The van der Waals surface area contributed by atoms with Crippen molar-refractivity contribution in [3.8, 4) is 28.6 Å². The van der Waals surface area contributed by atoms with Crippen LogP contribution < -0.4 is 15.4 Å². The topological polar surface area (TPSA) is 89.3 Å². The Morgan fingerprint density at radius 2 is 1.78 bits per heavy atom. The minimum Gasteiger partial charge on any atom is -0.497 e. The third-order valence-electron chi connectivity index (χ3n) is 4.15. The van der Waals surface area contributed by atoms with Crippen molar-refractivity contribution in [3.63, 3.8) is 0 Å². The van der Waals surface area contributed by atoms with Crippen molar-refractivity contribution in [2.45, 2.75) is 26.3 Å². The Balaban J connectivity index is 1.68. The molecule has 0 spiro atoms. The third-order valence-corrected chi connectivity index (χ3v) is 4.15. The fourth-order valence-corrected chi connectivity index (χ4v) is 2.39. The Morgan fingerprint density at radius 3 is 2.41 bits per heavy atom. The van der Waals surface area contributed by atoms with Crippen LogP contribution in [0.2, 0.25) is 0 Å². The first kappa shape index (κ1) is 18.4. The molecule has 0 fully saturated rings. The molecule has 0 aliphatic heterocycles. The van der Waals surface area contributed by atoms with Crippen LogP contribution in [0.4, 0.5) is 10.5 Å². The summed E-state index contributed by atoms with van der Waals surface area (Å²) in [5.74, 6) is 1.68. The molecule has 2 N–H and O–H groups in total. The Kier molecular flexibility index (Phi) is 5.71. The predicted molar refractivity (Wildman–Crippen MR) is 104 cm³/mol. The van der Waals surface area contributed by atoms with Gasteiger partial charge in [-0.05, 0) is 61.9 Å². The summed E-state index contributed by atoms with van der Waals surface area (Å²) in [6.45, 7) is 3.98. The van der Waals surface area contributed by atoms with Gasteiger partial charge < -0.3 is 19.9 Å². The number of carbonyl (C=O) groups is 1. The summed E-state index contributed by atoms with van der Waals surface area (Å²) in [5, 5.41) is 9.69. The van der Waals surface area contributed by atoms with Gasteiger partial charge in [-0.3, -0.25) is 0 Å². The molecule has 0 unspecified atom stereocenters. The van der Waals surface area contributed by atoms with E-state index in [4.69, 9.17) is 9.26 Å². The van der Waals surface area contributed by atoms with Gasteiger partial charge in [-0.2, -0.15) is 4.98 Å². The van der Waals surface area contributed by atoms with Crippen molar-refractivity contribution in [1.82, 2.24) is 15.5 Å². The van der Waals surface area contributed by atoms with E-state index in [2.05, 4.69) is 20.8 Å². The standard InChI is InChI=1S/C20H22N4O3/c1-4-13(2)21-20(25)22-16-9-5-14(6-10-16)18-23-19(27-24-18)15-7-11-17(26-3)12-8-15/h5-13H,4H2,1-3H3,(H2,21,22,25)/t13-/m1/s1. The zero-order valence-corrected chi connectivity index (χ0v) is 15.5. The smallest absolute Gasteiger partial charge is 0.319 e. The summed E-state index contributed by atoms with van der Waals surface area (Å²) in [6, 6.07) is 14.6. The third kappa shape index (κ3) is 4.63. The van der Waals surface area contributed by atoms with E-state index >= 15 is 0 Å². The summed E-state index contributed by atoms with van der Waals surface area (Å²) in [5.41, 5.74) is 2.30. The van der Waals surface area contributed by atoms with E-state index in [1.807, 2.05) is 50.2 Å². The fourth-order valence-electron chi connectivity index (χ4n) is 2.39. The van der Waals surface area contributed by atoms with Gasteiger partial charge in [-0.15, -0.1) is 0 Å². The monoisotopic (exact) mass is 366 g/mol. The van der Waals surface area contributed by atoms with E-state index < -0.39 is 0 Å². The molecule has 2 aromatic carbocycles. The quantitative estimate of drug-likeness (QED) is 0.678. The number of hydrogen-bond acceptors (Lipinski definition) is 5. The Bertz CT molecular complexity index is 888. The van der Waals surface area contributed by atoms with Crippen molar-refractivity contribution in [2.24, 2.45) is 0 Å². The Labute approximate surface area is 157 Å². The second kappa shape index (κ2) is 8.35. The molecule has 1 heterocycles. The second-order valence-corrected chi connectivity index (χ2v) is 6.14. The number of aromatic nitrogens is 2. The maximum atomic E-state index is 11.9. The molecule has 0 aliphatic carbocycles. The number of nitrogens with one attached hydrogen (secondary N) is 2. The molecule has 0 radical (unpaired) electrons. The molecular formula is C20H22N4O3. The normalized spacial score (nSPS) is 11.7. The first-order valence-corrected chi connectivity index (χ1v) is 8.75. The van der Waals surface area contributed by atoms with Gasteiger partial charge in [-0.25, -0.2) is 4.79 Å². The van der Waals surface area contributed by atoms with Gasteiger partial charge in [-0.1, -0.05) is 12.1 Å². The lowest BCUT2D eigenvalue weighted by molar-refractivity contribution is 0.249. The maximum Gasteiger partial charge on any atom is 0.319 e. The number of rotatable bonds is 6. The molecule has 0 saturated carbocycles. The molecule has 2 amide bonds. The fraction of sp³-hybridized carbons (Fsp3) is 0.250. The lowest BCUT2D eigenvalue weighted by Gasteiger charge is -2.12.